The maximum absolute atomic E-state index is 10.7. The molecule has 0 radical (unpaired) electrons. The van der Waals surface area contributed by atoms with Crippen LogP contribution in [0.25, 0.3) is 0 Å². The molecule has 1 heterocycles. The highest BCUT2D eigenvalue weighted by atomic mass is 35.5. The van der Waals surface area contributed by atoms with Crippen LogP contribution in [0.3, 0.4) is 0 Å². The number of benzene rings is 1. The Hall–Kier alpha value is -1.26. The van der Waals surface area contributed by atoms with Gasteiger partial charge >= 0.3 is 0 Å². The second-order valence-electron chi connectivity index (χ2n) is 4.55. The third-order valence-electron chi connectivity index (χ3n) is 3.11. The van der Waals surface area contributed by atoms with Crippen molar-refractivity contribution in [2.24, 2.45) is 11.5 Å². The van der Waals surface area contributed by atoms with Crippen molar-refractivity contribution in [3.8, 4) is 5.75 Å². The molecule has 4 nitrogen and oxygen atoms in total. The molecule has 0 aromatic heterocycles. The zero-order chi connectivity index (χ0) is 13.1. The number of primary amides is 1. The second-order valence-corrected chi connectivity index (χ2v) is 4.98. The lowest BCUT2D eigenvalue weighted by Crippen LogP contribution is -2.14. The lowest BCUT2D eigenvalue weighted by Gasteiger charge is -2.15. The third kappa shape index (κ3) is 2.94. The molecule has 98 valence electrons. The van der Waals surface area contributed by atoms with Crippen LogP contribution in [0.2, 0.25) is 5.02 Å². The molecule has 1 aliphatic heterocycles. The summed E-state index contributed by atoms with van der Waals surface area (Å²) < 4.78 is 5.60. The lowest BCUT2D eigenvalue weighted by atomic mass is 9.98. The Labute approximate surface area is 111 Å². The first-order valence-electron chi connectivity index (χ1n) is 6.07. The first-order valence-corrected chi connectivity index (χ1v) is 6.44. The molecule has 1 unspecified atom stereocenters. The van der Waals surface area contributed by atoms with Crippen molar-refractivity contribution in [3.05, 3.63) is 28.3 Å². The smallest absolute Gasteiger partial charge is 0.217 e. The van der Waals surface area contributed by atoms with E-state index in [1.807, 2.05) is 12.1 Å². The summed E-state index contributed by atoms with van der Waals surface area (Å²) in [6.45, 7) is 0.677. The van der Waals surface area contributed by atoms with E-state index < -0.39 is 0 Å². The molecule has 2 rings (SSSR count). The Bertz CT molecular complexity index is 463. The highest BCUT2D eigenvalue weighted by Gasteiger charge is 2.21. The van der Waals surface area contributed by atoms with E-state index in [9.17, 15) is 4.79 Å². The molecule has 1 aromatic rings. The van der Waals surface area contributed by atoms with Crippen molar-refractivity contribution in [2.75, 3.05) is 6.61 Å². The molecule has 0 spiro atoms. The van der Waals surface area contributed by atoms with Crippen molar-refractivity contribution >= 4 is 17.5 Å². The summed E-state index contributed by atoms with van der Waals surface area (Å²) in [6.07, 6.45) is 2.60. The van der Waals surface area contributed by atoms with Crippen LogP contribution in [0, 0.1) is 0 Å². The van der Waals surface area contributed by atoms with Crippen LogP contribution in [-0.2, 0) is 11.2 Å². The number of hydrogen-bond donors (Lipinski definition) is 2. The second kappa shape index (κ2) is 5.59. The van der Waals surface area contributed by atoms with E-state index in [1.165, 1.54) is 0 Å². The zero-order valence-corrected chi connectivity index (χ0v) is 10.9. The van der Waals surface area contributed by atoms with Gasteiger partial charge in [-0.2, -0.15) is 0 Å². The summed E-state index contributed by atoms with van der Waals surface area (Å²) in [5, 5.41) is 0.680. The fourth-order valence-electron chi connectivity index (χ4n) is 2.23. The number of nitrogens with two attached hydrogens (primary N) is 2. The highest BCUT2D eigenvalue weighted by molar-refractivity contribution is 6.30. The van der Waals surface area contributed by atoms with Crippen molar-refractivity contribution in [3.63, 3.8) is 0 Å². The number of amides is 1. The molecular formula is C13H17ClN2O2. The maximum atomic E-state index is 10.7. The molecule has 1 aliphatic rings. The fourth-order valence-corrected chi connectivity index (χ4v) is 2.47. The van der Waals surface area contributed by atoms with Gasteiger partial charge in [-0.25, -0.2) is 0 Å². The monoisotopic (exact) mass is 268 g/mol. The Morgan fingerprint density at radius 3 is 3.00 bits per heavy atom. The maximum Gasteiger partial charge on any atom is 0.217 e. The average Bonchev–Trinajstić information content (AvgIpc) is 2.74. The summed E-state index contributed by atoms with van der Waals surface area (Å²) in [5.41, 5.74) is 13.3. The summed E-state index contributed by atoms with van der Waals surface area (Å²) in [7, 11) is 0. The van der Waals surface area contributed by atoms with Crippen LogP contribution in [0.15, 0.2) is 12.1 Å². The molecule has 0 aliphatic carbocycles. The van der Waals surface area contributed by atoms with Crippen molar-refractivity contribution < 1.29 is 9.53 Å². The topological polar surface area (TPSA) is 78.3 Å². The van der Waals surface area contributed by atoms with Crippen LogP contribution in [0.5, 0.6) is 5.75 Å². The number of rotatable bonds is 5. The SMILES string of the molecule is NC(=O)CCCC(N)c1cc(Cl)cc2c1OCC2. The molecule has 18 heavy (non-hydrogen) atoms. The van der Waals surface area contributed by atoms with Crippen LogP contribution >= 0.6 is 11.6 Å². The standard InChI is InChI=1S/C13H17ClN2O2/c14-9-6-8-4-5-18-13(8)10(7-9)11(15)2-1-3-12(16)17/h6-7,11H,1-5,15H2,(H2,16,17). The summed E-state index contributed by atoms with van der Waals surface area (Å²) in [6, 6.07) is 3.60. The van der Waals surface area contributed by atoms with Gasteiger partial charge in [-0.1, -0.05) is 11.6 Å². The van der Waals surface area contributed by atoms with Gasteiger partial charge in [0.15, 0.2) is 0 Å². The molecule has 1 aromatic carbocycles. The largest absolute Gasteiger partial charge is 0.493 e. The summed E-state index contributed by atoms with van der Waals surface area (Å²) >= 11 is 6.07. The number of halogens is 1. The number of carbonyl (C=O) groups excluding carboxylic acids is 1. The van der Waals surface area contributed by atoms with Gasteiger partial charge < -0.3 is 16.2 Å². The number of carbonyl (C=O) groups is 1. The van der Waals surface area contributed by atoms with Gasteiger partial charge in [-0.15, -0.1) is 0 Å². The van der Waals surface area contributed by atoms with E-state index >= 15 is 0 Å². The number of ether oxygens (including phenoxy) is 1. The Morgan fingerprint density at radius 1 is 1.50 bits per heavy atom. The lowest BCUT2D eigenvalue weighted by molar-refractivity contribution is -0.118. The van der Waals surface area contributed by atoms with E-state index in [1.54, 1.807) is 0 Å². The molecule has 5 heteroatoms. The Balaban J connectivity index is 2.10. The van der Waals surface area contributed by atoms with Crippen LogP contribution < -0.4 is 16.2 Å². The molecular weight excluding hydrogens is 252 g/mol. The minimum atomic E-state index is -0.297. The van der Waals surface area contributed by atoms with Gasteiger partial charge in [-0.05, 0) is 30.5 Å². The molecule has 0 fully saturated rings. The zero-order valence-electron chi connectivity index (χ0n) is 10.1. The summed E-state index contributed by atoms with van der Waals surface area (Å²) in [5.74, 6) is 0.570. The van der Waals surface area contributed by atoms with Crippen molar-refractivity contribution in [1.82, 2.24) is 0 Å². The first kappa shape index (κ1) is 13.2. The van der Waals surface area contributed by atoms with Gasteiger partial charge in [0.1, 0.15) is 5.75 Å². The van der Waals surface area contributed by atoms with Crippen LogP contribution in [0.1, 0.15) is 36.4 Å². The van der Waals surface area contributed by atoms with Gasteiger partial charge in [0.25, 0.3) is 0 Å². The van der Waals surface area contributed by atoms with Gasteiger partial charge in [0.05, 0.1) is 6.61 Å². The third-order valence-corrected chi connectivity index (χ3v) is 3.33. The summed E-state index contributed by atoms with van der Waals surface area (Å²) in [4.78, 5) is 10.7. The van der Waals surface area contributed by atoms with E-state index in [4.69, 9.17) is 27.8 Å². The predicted molar refractivity (Wildman–Crippen MR) is 70.6 cm³/mol. The normalized spacial score (nSPS) is 15.0. The number of fused-ring (bicyclic) bond motifs is 1. The average molecular weight is 269 g/mol. The van der Waals surface area contributed by atoms with E-state index in [0.717, 1.165) is 23.3 Å². The van der Waals surface area contributed by atoms with Crippen LogP contribution in [0.4, 0.5) is 0 Å². The van der Waals surface area contributed by atoms with Crippen molar-refractivity contribution in [2.45, 2.75) is 31.7 Å². The van der Waals surface area contributed by atoms with E-state index in [-0.39, 0.29) is 11.9 Å². The predicted octanol–water partition coefficient (Wildman–Crippen LogP) is 1.93. The fraction of sp³-hybridized carbons (Fsp3) is 0.462. The van der Waals surface area contributed by atoms with E-state index in [2.05, 4.69) is 0 Å². The Kier molecular flexibility index (Phi) is 4.09. The molecule has 1 amide bonds. The molecule has 1 atom stereocenters. The Morgan fingerprint density at radius 2 is 2.28 bits per heavy atom. The van der Waals surface area contributed by atoms with Gasteiger partial charge in [0.2, 0.25) is 5.91 Å². The molecule has 0 saturated carbocycles. The molecule has 0 bridgehead atoms. The molecule has 0 saturated heterocycles. The van der Waals surface area contributed by atoms with Crippen molar-refractivity contribution in [1.29, 1.82) is 0 Å². The first-order chi connectivity index (χ1) is 8.58. The van der Waals surface area contributed by atoms with Gasteiger partial charge in [0, 0.05) is 29.5 Å². The number of hydrogen-bond acceptors (Lipinski definition) is 3. The van der Waals surface area contributed by atoms with Gasteiger partial charge in [-0.3, -0.25) is 4.79 Å². The highest BCUT2D eigenvalue weighted by Crippen LogP contribution is 2.36. The van der Waals surface area contributed by atoms with E-state index in [0.29, 0.717) is 30.9 Å². The van der Waals surface area contributed by atoms with Crippen LogP contribution in [-0.4, -0.2) is 12.5 Å². The minimum absolute atomic E-state index is 0.171. The minimum Gasteiger partial charge on any atom is -0.493 e. The quantitative estimate of drug-likeness (QED) is 0.856. The molecule has 4 N–H and O–H groups in total.